The molecule has 3 rings (SSSR count). The van der Waals surface area contributed by atoms with E-state index in [-0.39, 0.29) is 12.5 Å². The minimum Gasteiger partial charge on any atom is -0.481 e. The average molecular weight is 315 g/mol. The number of nitrogens with zero attached hydrogens (tertiary/aromatic N) is 3. The summed E-state index contributed by atoms with van der Waals surface area (Å²) in [7, 11) is 0. The molecule has 1 saturated heterocycles. The van der Waals surface area contributed by atoms with Crippen molar-refractivity contribution in [3.05, 3.63) is 35.7 Å². The van der Waals surface area contributed by atoms with Crippen LogP contribution in [-0.2, 0) is 4.79 Å². The highest BCUT2D eigenvalue weighted by Gasteiger charge is 2.28. The number of amides is 1. The fourth-order valence-electron chi connectivity index (χ4n) is 2.75. The molecule has 7 heteroatoms. The fourth-order valence-corrected chi connectivity index (χ4v) is 2.75. The van der Waals surface area contributed by atoms with Crippen LogP contribution < -0.4 is 0 Å². The Morgan fingerprint density at radius 1 is 1.39 bits per heavy atom. The number of carboxylic acids is 1. The van der Waals surface area contributed by atoms with Crippen LogP contribution in [0.3, 0.4) is 0 Å². The Hall–Kier alpha value is -2.70. The summed E-state index contributed by atoms with van der Waals surface area (Å²) in [6.07, 6.45) is 1.31. The van der Waals surface area contributed by atoms with E-state index >= 15 is 0 Å². The van der Waals surface area contributed by atoms with E-state index in [0.29, 0.717) is 42.2 Å². The number of hydrogen-bond donors (Lipinski definition) is 1. The number of hydrogen-bond acceptors (Lipinski definition) is 5. The molecule has 1 aliphatic rings. The highest BCUT2D eigenvalue weighted by atomic mass is 16.5. The number of likely N-dealkylation sites (tertiary alicyclic amines) is 1. The number of rotatable bonds is 3. The highest BCUT2D eigenvalue weighted by Crippen LogP contribution is 2.21. The van der Waals surface area contributed by atoms with Gasteiger partial charge in [0.15, 0.2) is 0 Å². The summed E-state index contributed by atoms with van der Waals surface area (Å²) in [6.45, 7) is 2.53. The van der Waals surface area contributed by atoms with Crippen LogP contribution in [0.15, 0.2) is 28.8 Å². The molecule has 1 aromatic carbocycles. The van der Waals surface area contributed by atoms with Gasteiger partial charge in [0, 0.05) is 31.1 Å². The van der Waals surface area contributed by atoms with Gasteiger partial charge in [-0.2, -0.15) is 4.98 Å². The van der Waals surface area contributed by atoms with Crippen LogP contribution >= 0.6 is 0 Å². The molecule has 0 saturated carbocycles. The number of carbonyl (C=O) groups is 2. The van der Waals surface area contributed by atoms with Gasteiger partial charge in [0.2, 0.25) is 11.7 Å². The van der Waals surface area contributed by atoms with Crippen LogP contribution in [-0.4, -0.2) is 45.1 Å². The zero-order valence-corrected chi connectivity index (χ0v) is 12.7. The third-order valence-corrected chi connectivity index (χ3v) is 3.95. The molecule has 2 heterocycles. The van der Waals surface area contributed by atoms with Gasteiger partial charge in [0.05, 0.1) is 5.92 Å². The number of benzene rings is 1. The number of carboxylic acid groups (broad SMARTS) is 1. The van der Waals surface area contributed by atoms with Crippen molar-refractivity contribution < 1.29 is 19.2 Å². The summed E-state index contributed by atoms with van der Waals surface area (Å²) in [5, 5.41) is 13.0. The summed E-state index contributed by atoms with van der Waals surface area (Å²) < 4.78 is 4.95. The van der Waals surface area contributed by atoms with Crippen LogP contribution in [0.2, 0.25) is 0 Å². The first-order valence-corrected chi connectivity index (χ1v) is 7.47. The first-order valence-electron chi connectivity index (χ1n) is 7.47. The lowest BCUT2D eigenvalue weighted by Crippen LogP contribution is -2.42. The van der Waals surface area contributed by atoms with E-state index in [9.17, 15) is 9.59 Å². The molecule has 23 heavy (non-hydrogen) atoms. The Kier molecular flexibility index (Phi) is 4.10. The lowest BCUT2D eigenvalue weighted by molar-refractivity contribution is -0.143. The third kappa shape index (κ3) is 3.23. The van der Waals surface area contributed by atoms with Crippen molar-refractivity contribution in [3.63, 3.8) is 0 Å². The van der Waals surface area contributed by atoms with E-state index in [4.69, 9.17) is 9.63 Å². The Morgan fingerprint density at radius 3 is 2.91 bits per heavy atom. The molecular weight excluding hydrogens is 298 g/mol. The number of carbonyl (C=O) groups excluding carboxylic acids is 1. The topological polar surface area (TPSA) is 96.5 Å². The summed E-state index contributed by atoms with van der Waals surface area (Å²) in [5.74, 6) is -0.622. The highest BCUT2D eigenvalue weighted by molar-refractivity contribution is 5.95. The Balaban J connectivity index is 1.81. The maximum absolute atomic E-state index is 12.6. The SMILES string of the molecule is Cc1nc(-c2cccc(C(=O)N3CCCC(C(=O)O)C3)c2)no1. The summed E-state index contributed by atoms with van der Waals surface area (Å²) in [5.41, 5.74) is 1.19. The normalized spacial score (nSPS) is 18.0. The molecule has 1 unspecified atom stereocenters. The summed E-state index contributed by atoms with van der Waals surface area (Å²) >= 11 is 0. The quantitative estimate of drug-likeness (QED) is 0.930. The van der Waals surface area contributed by atoms with E-state index in [2.05, 4.69) is 10.1 Å². The minimum absolute atomic E-state index is 0.169. The van der Waals surface area contributed by atoms with Gasteiger partial charge in [0.25, 0.3) is 5.91 Å². The smallest absolute Gasteiger partial charge is 0.308 e. The molecular formula is C16H17N3O4. The number of aliphatic carboxylic acids is 1. The Labute approximate surface area is 132 Å². The lowest BCUT2D eigenvalue weighted by Gasteiger charge is -2.30. The first-order chi connectivity index (χ1) is 11.0. The molecule has 1 aromatic heterocycles. The molecule has 1 fully saturated rings. The van der Waals surface area contributed by atoms with Crippen molar-refractivity contribution >= 4 is 11.9 Å². The van der Waals surface area contributed by atoms with E-state index in [0.717, 1.165) is 0 Å². The van der Waals surface area contributed by atoms with Gasteiger partial charge in [-0.3, -0.25) is 9.59 Å². The third-order valence-electron chi connectivity index (χ3n) is 3.95. The van der Waals surface area contributed by atoms with Crippen LogP contribution in [0.5, 0.6) is 0 Å². The van der Waals surface area contributed by atoms with Crippen molar-refractivity contribution in [2.75, 3.05) is 13.1 Å². The van der Waals surface area contributed by atoms with Gasteiger partial charge in [0.1, 0.15) is 0 Å². The van der Waals surface area contributed by atoms with Gasteiger partial charge in [-0.25, -0.2) is 0 Å². The molecule has 7 nitrogen and oxygen atoms in total. The zero-order valence-electron chi connectivity index (χ0n) is 12.7. The Morgan fingerprint density at radius 2 is 2.22 bits per heavy atom. The molecule has 1 atom stereocenters. The van der Waals surface area contributed by atoms with Gasteiger partial charge in [-0.05, 0) is 25.0 Å². The molecule has 120 valence electrons. The molecule has 0 aliphatic carbocycles. The van der Waals surface area contributed by atoms with Crippen LogP contribution in [0.1, 0.15) is 29.1 Å². The van der Waals surface area contributed by atoms with E-state index in [1.54, 1.807) is 36.1 Å². The molecule has 1 amide bonds. The summed E-state index contributed by atoms with van der Waals surface area (Å²) in [4.78, 5) is 29.5. The monoisotopic (exact) mass is 315 g/mol. The van der Waals surface area contributed by atoms with Crippen LogP contribution in [0.4, 0.5) is 0 Å². The van der Waals surface area contributed by atoms with Gasteiger partial charge >= 0.3 is 5.97 Å². The second kappa shape index (κ2) is 6.20. The molecule has 0 bridgehead atoms. The second-order valence-electron chi connectivity index (χ2n) is 5.65. The zero-order chi connectivity index (χ0) is 16.4. The summed E-state index contributed by atoms with van der Waals surface area (Å²) in [6, 6.07) is 6.98. The van der Waals surface area contributed by atoms with Crippen LogP contribution in [0.25, 0.3) is 11.4 Å². The van der Waals surface area contributed by atoms with Crippen molar-refractivity contribution in [2.24, 2.45) is 5.92 Å². The predicted octanol–water partition coefficient (Wildman–Crippen LogP) is 1.98. The largest absolute Gasteiger partial charge is 0.481 e. The van der Waals surface area contributed by atoms with E-state index < -0.39 is 11.9 Å². The number of piperidine rings is 1. The molecule has 2 aromatic rings. The average Bonchev–Trinajstić information content (AvgIpc) is 3.01. The van der Waals surface area contributed by atoms with Crippen molar-refractivity contribution in [2.45, 2.75) is 19.8 Å². The maximum Gasteiger partial charge on any atom is 0.308 e. The van der Waals surface area contributed by atoms with Crippen molar-refractivity contribution in [1.29, 1.82) is 0 Å². The number of aromatic nitrogens is 2. The van der Waals surface area contributed by atoms with Crippen LogP contribution in [0, 0.1) is 12.8 Å². The molecule has 0 spiro atoms. The predicted molar refractivity (Wildman–Crippen MR) is 80.7 cm³/mol. The maximum atomic E-state index is 12.6. The first kappa shape index (κ1) is 15.2. The second-order valence-corrected chi connectivity index (χ2v) is 5.65. The molecule has 1 aliphatic heterocycles. The molecule has 1 N–H and O–H groups in total. The fraction of sp³-hybridized carbons (Fsp3) is 0.375. The van der Waals surface area contributed by atoms with Crippen molar-refractivity contribution in [1.82, 2.24) is 15.0 Å². The minimum atomic E-state index is -0.849. The van der Waals surface area contributed by atoms with E-state index in [1.807, 2.05) is 0 Å². The van der Waals surface area contributed by atoms with Gasteiger partial charge < -0.3 is 14.5 Å². The molecule has 0 radical (unpaired) electrons. The lowest BCUT2D eigenvalue weighted by atomic mass is 9.97. The van der Waals surface area contributed by atoms with E-state index in [1.165, 1.54) is 0 Å². The van der Waals surface area contributed by atoms with Gasteiger partial charge in [-0.15, -0.1) is 0 Å². The number of aryl methyl sites for hydroxylation is 1. The Bertz CT molecular complexity index is 740. The van der Waals surface area contributed by atoms with Crippen molar-refractivity contribution in [3.8, 4) is 11.4 Å². The standard InChI is InChI=1S/C16H17N3O4/c1-10-17-14(18-23-10)11-4-2-5-12(8-11)15(20)19-7-3-6-13(9-19)16(21)22/h2,4-5,8,13H,3,6-7,9H2,1H3,(H,21,22). The van der Waals surface area contributed by atoms with Gasteiger partial charge in [-0.1, -0.05) is 17.3 Å².